The highest BCUT2D eigenvalue weighted by Gasteiger charge is 1.93. The van der Waals surface area contributed by atoms with Gasteiger partial charge in [-0.1, -0.05) is 8.93 Å². The van der Waals surface area contributed by atoms with Gasteiger partial charge in [0.2, 0.25) is 0 Å². The summed E-state index contributed by atoms with van der Waals surface area (Å²) in [6.45, 7) is 2.01. The normalized spacial score (nSPS) is 9.56. The van der Waals surface area contributed by atoms with Crippen LogP contribution in [0.5, 0.6) is 0 Å². The highest BCUT2D eigenvalue weighted by atomic mass is 127. The van der Waals surface area contributed by atoms with Gasteiger partial charge in [0.05, 0.1) is 5.69 Å². The van der Waals surface area contributed by atoms with Crippen molar-refractivity contribution in [1.29, 1.82) is 0 Å². The van der Waals surface area contributed by atoms with Crippen molar-refractivity contribution in [1.82, 2.24) is 4.98 Å². The minimum absolute atomic E-state index is 1.11. The molecule has 0 aromatic carbocycles. The van der Waals surface area contributed by atoms with Crippen LogP contribution < -0.4 is 0 Å². The van der Waals surface area contributed by atoms with Crippen LogP contribution in [-0.2, 0) is 0 Å². The van der Waals surface area contributed by atoms with Gasteiger partial charge in [-0.25, -0.2) is 0 Å². The molecule has 0 aliphatic carbocycles. The third-order valence-corrected chi connectivity index (χ3v) is 3.06. The van der Waals surface area contributed by atoms with Crippen molar-refractivity contribution >= 4 is 30.1 Å². The molecule has 0 aliphatic rings. The van der Waals surface area contributed by atoms with E-state index in [2.05, 4.69) is 32.3 Å². The summed E-state index contributed by atoms with van der Waals surface area (Å²) in [6.07, 6.45) is 1.81. The van der Waals surface area contributed by atoms with Gasteiger partial charge in [-0.3, -0.25) is 4.98 Å². The molecular formula is C6H6INS. The Labute approximate surface area is 70.8 Å². The van der Waals surface area contributed by atoms with E-state index in [4.69, 9.17) is 0 Å². The quantitative estimate of drug-likeness (QED) is 0.712. The second-order valence-corrected chi connectivity index (χ2v) is 3.58. The largest absolute Gasteiger partial charge is 0.260 e. The van der Waals surface area contributed by atoms with Crippen LogP contribution >= 0.6 is 30.1 Å². The second-order valence-electron chi connectivity index (χ2n) is 1.66. The van der Waals surface area contributed by atoms with Crippen molar-refractivity contribution in [3.05, 3.63) is 24.0 Å². The highest BCUT2D eigenvalue weighted by molar-refractivity contribution is 14.2. The summed E-state index contributed by atoms with van der Waals surface area (Å²) in [5, 5.41) is 0. The first-order valence-electron chi connectivity index (χ1n) is 2.55. The monoisotopic (exact) mass is 251 g/mol. The maximum atomic E-state index is 4.12. The topological polar surface area (TPSA) is 12.9 Å². The molecule has 1 aromatic heterocycles. The lowest BCUT2D eigenvalue weighted by Crippen LogP contribution is -1.79. The zero-order valence-corrected chi connectivity index (χ0v) is 7.94. The Morgan fingerprint density at radius 3 is 2.89 bits per heavy atom. The molecule has 1 rings (SSSR count). The van der Waals surface area contributed by atoms with E-state index < -0.39 is 0 Å². The summed E-state index contributed by atoms with van der Waals surface area (Å²) in [7, 11) is 1.70. The number of hydrogen-bond acceptors (Lipinski definition) is 2. The molecule has 3 heteroatoms. The van der Waals surface area contributed by atoms with Gasteiger partial charge < -0.3 is 0 Å². The second kappa shape index (κ2) is 3.41. The summed E-state index contributed by atoms with van der Waals surface area (Å²) in [6, 6.07) is 4.02. The fourth-order valence-electron chi connectivity index (χ4n) is 0.551. The zero-order chi connectivity index (χ0) is 6.69. The van der Waals surface area contributed by atoms with E-state index in [-0.39, 0.29) is 0 Å². The minimum Gasteiger partial charge on any atom is -0.260 e. The fraction of sp³-hybridized carbons (Fsp3) is 0.167. The molecule has 0 atom stereocenters. The minimum atomic E-state index is 1.11. The summed E-state index contributed by atoms with van der Waals surface area (Å²) >= 11 is 2.26. The van der Waals surface area contributed by atoms with Crippen LogP contribution in [0.3, 0.4) is 0 Å². The first-order chi connectivity index (χ1) is 4.34. The molecule has 0 aliphatic heterocycles. The number of aryl methyl sites for hydroxylation is 1. The van der Waals surface area contributed by atoms with E-state index in [1.165, 1.54) is 4.90 Å². The van der Waals surface area contributed by atoms with E-state index in [0.29, 0.717) is 0 Å². The molecule has 0 N–H and O–H groups in total. The van der Waals surface area contributed by atoms with Crippen LogP contribution in [0, 0.1) is 6.92 Å². The lowest BCUT2D eigenvalue weighted by Gasteiger charge is -1.95. The van der Waals surface area contributed by atoms with Gasteiger partial charge in [-0.2, -0.15) is 0 Å². The smallest absolute Gasteiger partial charge is 0.0516 e. The third kappa shape index (κ3) is 1.82. The first-order valence-corrected chi connectivity index (χ1v) is 5.90. The number of halogens is 1. The Hall–Kier alpha value is 0.230. The Morgan fingerprint density at radius 1 is 1.67 bits per heavy atom. The molecule has 0 spiro atoms. The molecule has 0 saturated carbocycles. The van der Waals surface area contributed by atoms with Gasteiger partial charge >= 0.3 is 0 Å². The molecule has 1 aromatic rings. The fourth-order valence-corrected chi connectivity index (χ4v) is 2.24. The number of nitrogens with zero attached hydrogens (tertiary/aromatic N) is 1. The maximum Gasteiger partial charge on any atom is 0.0516 e. The molecule has 0 saturated heterocycles. The van der Waals surface area contributed by atoms with Gasteiger partial charge in [0.25, 0.3) is 0 Å². The Bertz CT molecular complexity index is 202. The van der Waals surface area contributed by atoms with Gasteiger partial charge in [0, 0.05) is 32.3 Å². The SMILES string of the molecule is Cc1ncccc1SI. The maximum absolute atomic E-state index is 4.12. The molecule has 0 radical (unpaired) electrons. The molecular weight excluding hydrogens is 245 g/mol. The van der Waals surface area contributed by atoms with Crippen LogP contribution in [0.1, 0.15) is 5.69 Å². The number of rotatable bonds is 1. The average molecular weight is 251 g/mol. The van der Waals surface area contributed by atoms with E-state index >= 15 is 0 Å². The molecule has 0 amide bonds. The predicted octanol–water partition coefficient (Wildman–Crippen LogP) is 2.83. The van der Waals surface area contributed by atoms with E-state index in [9.17, 15) is 0 Å². The Balaban J connectivity index is 3.01. The van der Waals surface area contributed by atoms with Gasteiger partial charge in [-0.05, 0) is 19.1 Å². The van der Waals surface area contributed by atoms with Crippen molar-refractivity contribution in [3.8, 4) is 0 Å². The third-order valence-electron chi connectivity index (χ3n) is 1.04. The zero-order valence-electron chi connectivity index (χ0n) is 4.97. The predicted molar refractivity (Wildman–Crippen MR) is 48.9 cm³/mol. The van der Waals surface area contributed by atoms with E-state index in [1.807, 2.05) is 19.2 Å². The van der Waals surface area contributed by atoms with Crippen molar-refractivity contribution in [3.63, 3.8) is 0 Å². The van der Waals surface area contributed by atoms with Gasteiger partial charge in [0.15, 0.2) is 0 Å². The number of hydrogen-bond donors (Lipinski definition) is 0. The molecule has 9 heavy (non-hydrogen) atoms. The summed E-state index contributed by atoms with van der Waals surface area (Å²) in [5.41, 5.74) is 1.11. The highest BCUT2D eigenvalue weighted by Crippen LogP contribution is 2.26. The summed E-state index contributed by atoms with van der Waals surface area (Å²) in [5.74, 6) is 0. The van der Waals surface area contributed by atoms with Crippen LogP contribution in [0.15, 0.2) is 23.2 Å². The van der Waals surface area contributed by atoms with Crippen molar-refractivity contribution in [2.75, 3.05) is 0 Å². The standard InChI is InChI=1S/C6H6INS/c1-5-6(9-7)3-2-4-8-5/h2-4H,1H3. The Morgan fingerprint density at radius 2 is 2.44 bits per heavy atom. The number of pyridine rings is 1. The lowest BCUT2D eigenvalue weighted by atomic mass is 10.4. The van der Waals surface area contributed by atoms with Crippen LogP contribution in [0.25, 0.3) is 0 Å². The van der Waals surface area contributed by atoms with E-state index in [1.54, 1.807) is 8.93 Å². The van der Waals surface area contributed by atoms with Crippen LogP contribution in [0.4, 0.5) is 0 Å². The molecule has 0 bridgehead atoms. The van der Waals surface area contributed by atoms with Gasteiger partial charge in [0.1, 0.15) is 0 Å². The first kappa shape index (κ1) is 7.34. The lowest BCUT2D eigenvalue weighted by molar-refractivity contribution is 1.12. The molecule has 48 valence electrons. The average Bonchev–Trinajstić information content (AvgIpc) is 1.89. The van der Waals surface area contributed by atoms with Crippen molar-refractivity contribution in [2.24, 2.45) is 0 Å². The van der Waals surface area contributed by atoms with Gasteiger partial charge in [-0.15, -0.1) is 0 Å². The Kier molecular flexibility index (Phi) is 2.78. The molecule has 1 heterocycles. The van der Waals surface area contributed by atoms with Crippen LogP contribution in [-0.4, -0.2) is 4.98 Å². The molecule has 1 nitrogen and oxygen atoms in total. The summed E-state index contributed by atoms with van der Waals surface area (Å²) in [4.78, 5) is 5.37. The van der Waals surface area contributed by atoms with Crippen LogP contribution in [0.2, 0.25) is 0 Å². The van der Waals surface area contributed by atoms with E-state index in [0.717, 1.165) is 5.69 Å². The van der Waals surface area contributed by atoms with Crippen molar-refractivity contribution in [2.45, 2.75) is 11.8 Å². The molecule has 0 fully saturated rings. The molecule has 0 unspecified atom stereocenters. The number of aromatic nitrogens is 1. The van der Waals surface area contributed by atoms with Crippen molar-refractivity contribution < 1.29 is 0 Å². The summed E-state index contributed by atoms with van der Waals surface area (Å²) < 4.78 is 0.